The Hall–Kier alpha value is -1.64. The summed E-state index contributed by atoms with van der Waals surface area (Å²) in [5, 5.41) is 0. The molecule has 1 aromatic heterocycles. The van der Waals surface area contributed by atoms with Crippen LogP contribution in [0.2, 0.25) is 0 Å². The molecular formula is C14H18N2O. The quantitative estimate of drug-likeness (QED) is 0.809. The SMILES string of the molecule is CCc1nc2ccccc2n1CC(=O)C(C)C. The van der Waals surface area contributed by atoms with Gasteiger partial charge in [-0.25, -0.2) is 4.98 Å². The van der Waals surface area contributed by atoms with Gasteiger partial charge in [0, 0.05) is 12.3 Å². The van der Waals surface area contributed by atoms with Crippen molar-refractivity contribution < 1.29 is 4.79 Å². The van der Waals surface area contributed by atoms with Crippen LogP contribution < -0.4 is 0 Å². The van der Waals surface area contributed by atoms with Crippen LogP contribution in [0.25, 0.3) is 11.0 Å². The molecule has 3 nitrogen and oxygen atoms in total. The van der Waals surface area contributed by atoms with Crippen molar-refractivity contribution in [2.24, 2.45) is 5.92 Å². The van der Waals surface area contributed by atoms with E-state index in [1.165, 1.54) is 0 Å². The highest BCUT2D eigenvalue weighted by Gasteiger charge is 2.14. The lowest BCUT2D eigenvalue weighted by atomic mass is 10.1. The molecule has 2 rings (SSSR count). The van der Waals surface area contributed by atoms with Gasteiger partial charge in [0.05, 0.1) is 17.6 Å². The van der Waals surface area contributed by atoms with E-state index in [0.29, 0.717) is 6.54 Å². The minimum Gasteiger partial charge on any atom is -0.320 e. The molecule has 0 aliphatic rings. The van der Waals surface area contributed by atoms with E-state index in [2.05, 4.69) is 11.9 Å². The Bertz CT molecular complexity index is 540. The first kappa shape index (κ1) is 11.8. The number of Topliss-reactive ketones (excluding diaryl/α,β-unsaturated/α-hetero) is 1. The third-order valence-corrected chi connectivity index (χ3v) is 3.01. The standard InChI is InChI=1S/C14H18N2O/c1-4-14-15-11-7-5-6-8-12(11)16(14)9-13(17)10(2)3/h5-8,10H,4,9H2,1-3H3. The van der Waals surface area contributed by atoms with Crippen LogP contribution >= 0.6 is 0 Å². The first-order valence-corrected chi connectivity index (χ1v) is 6.10. The van der Waals surface area contributed by atoms with E-state index in [1.54, 1.807) is 0 Å². The molecule has 2 aromatic rings. The molecule has 0 N–H and O–H groups in total. The highest BCUT2D eigenvalue weighted by atomic mass is 16.1. The average Bonchev–Trinajstić information content (AvgIpc) is 2.67. The van der Waals surface area contributed by atoms with Gasteiger partial charge >= 0.3 is 0 Å². The zero-order valence-corrected chi connectivity index (χ0v) is 10.6. The Morgan fingerprint density at radius 3 is 2.71 bits per heavy atom. The molecule has 0 radical (unpaired) electrons. The topological polar surface area (TPSA) is 34.9 Å². The minimum absolute atomic E-state index is 0.0702. The van der Waals surface area contributed by atoms with Crippen molar-refractivity contribution in [1.82, 2.24) is 9.55 Å². The summed E-state index contributed by atoms with van der Waals surface area (Å²) in [6, 6.07) is 7.98. The van der Waals surface area contributed by atoms with Crippen LogP contribution in [0.3, 0.4) is 0 Å². The lowest BCUT2D eigenvalue weighted by Gasteiger charge is -2.09. The van der Waals surface area contributed by atoms with Gasteiger partial charge in [0.2, 0.25) is 0 Å². The second-order valence-corrected chi connectivity index (χ2v) is 4.58. The maximum Gasteiger partial charge on any atom is 0.155 e. The Balaban J connectivity index is 2.47. The highest BCUT2D eigenvalue weighted by Crippen LogP contribution is 2.17. The van der Waals surface area contributed by atoms with Crippen molar-refractivity contribution in [3.63, 3.8) is 0 Å². The Labute approximate surface area is 101 Å². The summed E-state index contributed by atoms with van der Waals surface area (Å²) in [7, 11) is 0. The molecule has 3 heteroatoms. The second kappa shape index (κ2) is 4.70. The number of imidazole rings is 1. The lowest BCUT2D eigenvalue weighted by molar-refractivity contribution is -0.122. The van der Waals surface area contributed by atoms with Crippen LogP contribution in [-0.2, 0) is 17.8 Å². The van der Waals surface area contributed by atoms with Crippen molar-refractivity contribution in [3.05, 3.63) is 30.1 Å². The van der Waals surface area contributed by atoms with Gasteiger partial charge in [-0.2, -0.15) is 0 Å². The van der Waals surface area contributed by atoms with Crippen molar-refractivity contribution in [2.45, 2.75) is 33.7 Å². The van der Waals surface area contributed by atoms with Gasteiger partial charge in [-0.05, 0) is 12.1 Å². The summed E-state index contributed by atoms with van der Waals surface area (Å²) in [4.78, 5) is 16.4. The number of rotatable bonds is 4. The van der Waals surface area contributed by atoms with Gasteiger partial charge in [-0.3, -0.25) is 4.79 Å². The fourth-order valence-electron chi connectivity index (χ4n) is 1.91. The number of hydrogen-bond donors (Lipinski definition) is 0. The normalized spacial score (nSPS) is 11.3. The highest BCUT2D eigenvalue weighted by molar-refractivity contribution is 5.83. The van der Waals surface area contributed by atoms with Gasteiger partial charge in [0.1, 0.15) is 5.82 Å². The third-order valence-electron chi connectivity index (χ3n) is 3.01. The fourth-order valence-corrected chi connectivity index (χ4v) is 1.91. The van der Waals surface area contributed by atoms with Gasteiger partial charge in [0.15, 0.2) is 5.78 Å². The number of fused-ring (bicyclic) bond motifs is 1. The number of benzene rings is 1. The number of para-hydroxylation sites is 2. The molecule has 0 unspecified atom stereocenters. The number of nitrogens with zero attached hydrogens (tertiary/aromatic N) is 2. The zero-order valence-electron chi connectivity index (χ0n) is 10.6. The minimum atomic E-state index is 0.0702. The molecule has 0 amide bonds. The summed E-state index contributed by atoms with van der Waals surface area (Å²) >= 11 is 0. The molecular weight excluding hydrogens is 212 g/mol. The molecule has 0 atom stereocenters. The number of carbonyl (C=O) groups is 1. The summed E-state index contributed by atoms with van der Waals surface area (Å²) in [6.45, 7) is 6.37. The molecule has 90 valence electrons. The van der Waals surface area contributed by atoms with Crippen molar-refractivity contribution in [1.29, 1.82) is 0 Å². The Kier molecular flexibility index (Phi) is 3.27. The van der Waals surface area contributed by atoms with Crippen LogP contribution in [0.4, 0.5) is 0 Å². The van der Waals surface area contributed by atoms with Crippen molar-refractivity contribution in [3.8, 4) is 0 Å². The predicted octanol–water partition coefficient (Wildman–Crippen LogP) is 2.82. The molecule has 1 aromatic carbocycles. The molecule has 0 aliphatic heterocycles. The number of carbonyl (C=O) groups excluding carboxylic acids is 1. The first-order valence-electron chi connectivity index (χ1n) is 6.10. The Morgan fingerprint density at radius 1 is 1.35 bits per heavy atom. The van der Waals surface area contributed by atoms with E-state index in [0.717, 1.165) is 23.3 Å². The van der Waals surface area contributed by atoms with Crippen LogP contribution in [0.5, 0.6) is 0 Å². The van der Waals surface area contributed by atoms with Crippen LogP contribution in [0, 0.1) is 5.92 Å². The monoisotopic (exact) mass is 230 g/mol. The van der Waals surface area contributed by atoms with Crippen LogP contribution in [0.1, 0.15) is 26.6 Å². The molecule has 0 aliphatic carbocycles. The lowest BCUT2D eigenvalue weighted by Crippen LogP contribution is -2.17. The van der Waals surface area contributed by atoms with Crippen molar-refractivity contribution in [2.75, 3.05) is 0 Å². The molecule has 0 fully saturated rings. The zero-order chi connectivity index (χ0) is 12.4. The van der Waals surface area contributed by atoms with Gasteiger partial charge < -0.3 is 4.57 Å². The van der Waals surface area contributed by atoms with Gasteiger partial charge in [-0.15, -0.1) is 0 Å². The van der Waals surface area contributed by atoms with E-state index in [9.17, 15) is 4.79 Å². The van der Waals surface area contributed by atoms with E-state index in [-0.39, 0.29) is 11.7 Å². The summed E-state index contributed by atoms with van der Waals surface area (Å²) in [5.41, 5.74) is 2.03. The Morgan fingerprint density at radius 2 is 2.06 bits per heavy atom. The van der Waals surface area contributed by atoms with E-state index in [4.69, 9.17) is 0 Å². The van der Waals surface area contributed by atoms with E-state index >= 15 is 0 Å². The van der Waals surface area contributed by atoms with Crippen LogP contribution in [-0.4, -0.2) is 15.3 Å². The van der Waals surface area contributed by atoms with Crippen molar-refractivity contribution >= 4 is 16.8 Å². The molecule has 0 saturated carbocycles. The molecule has 0 saturated heterocycles. The second-order valence-electron chi connectivity index (χ2n) is 4.58. The molecule has 17 heavy (non-hydrogen) atoms. The summed E-state index contributed by atoms with van der Waals surface area (Å²) in [6.07, 6.45) is 0.847. The average molecular weight is 230 g/mol. The maximum atomic E-state index is 11.9. The summed E-state index contributed by atoms with van der Waals surface area (Å²) < 4.78 is 2.04. The van der Waals surface area contributed by atoms with Gasteiger partial charge in [0.25, 0.3) is 0 Å². The predicted molar refractivity (Wildman–Crippen MR) is 69.0 cm³/mol. The third kappa shape index (κ3) is 2.23. The number of aryl methyl sites for hydroxylation is 1. The van der Waals surface area contributed by atoms with Crippen LogP contribution in [0.15, 0.2) is 24.3 Å². The van der Waals surface area contributed by atoms with E-state index in [1.807, 2.05) is 42.7 Å². The van der Waals surface area contributed by atoms with E-state index < -0.39 is 0 Å². The number of ketones is 1. The molecule has 1 heterocycles. The molecule has 0 bridgehead atoms. The summed E-state index contributed by atoms with van der Waals surface area (Å²) in [5.74, 6) is 1.31. The number of hydrogen-bond acceptors (Lipinski definition) is 2. The maximum absolute atomic E-state index is 11.9. The smallest absolute Gasteiger partial charge is 0.155 e. The number of aromatic nitrogens is 2. The van der Waals surface area contributed by atoms with Gasteiger partial charge in [-0.1, -0.05) is 32.9 Å². The fraction of sp³-hybridized carbons (Fsp3) is 0.429. The largest absolute Gasteiger partial charge is 0.320 e. The first-order chi connectivity index (χ1) is 8.13. The molecule has 0 spiro atoms.